The van der Waals surface area contributed by atoms with Gasteiger partial charge >= 0.3 is 0 Å². The molecule has 70 heavy (non-hydrogen) atoms. The SMILES string of the molecule is CC(C)C[C@H]1CC(=O)[C@H](CCN)NC(=O)[C@@H](CC(=O)[C@H](CCN)NC(=O)[C@@H](CC(=O)CCN)C(C)O)CCNC(=O)[C@H](C(C)O)CC(=O)[C@H](CCN)NC(=O)[C@H](CCN)NC(=O)[C@H](CC(C)C)NC1=O. The highest BCUT2D eigenvalue weighted by Crippen LogP contribution is 2.22. The van der Waals surface area contributed by atoms with Crippen LogP contribution in [0.4, 0.5) is 0 Å². The first-order valence-electron chi connectivity index (χ1n) is 24.7. The van der Waals surface area contributed by atoms with Crippen LogP contribution in [0.2, 0.25) is 0 Å². The highest BCUT2D eigenvalue weighted by molar-refractivity contribution is 5.98. The maximum Gasteiger partial charge on any atom is 0.243 e. The fourth-order valence-corrected chi connectivity index (χ4v) is 8.26. The fourth-order valence-electron chi connectivity index (χ4n) is 8.26. The Bertz CT molecular complexity index is 1750. The quantitative estimate of drug-likeness (QED) is 0.0480. The molecule has 1 fully saturated rings. The lowest BCUT2D eigenvalue weighted by atomic mass is 9.88. The monoisotopic (exact) mass is 996 g/mol. The third-order valence-electron chi connectivity index (χ3n) is 12.2. The normalized spacial score (nSPS) is 24.9. The number of carbonyl (C=O) groups is 10. The number of aliphatic hydroxyl groups excluding tert-OH is 2. The predicted octanol–water partition coefficient (Wildman–Crippen LogP) is -3.17. The zero-order valence-electron chi connectivity index (χ0n) is 42.1. The molecule has 11 atom stereocenters. The van der Waals surface area contributed by atoms with Crippen LogP contribution in [-0.4, -0.2) is 150 Å². The summed E-state index contributed by atoms with van der Waals surface area (Å²) in [6.07, 6.45) is -4.83. The van der Waals surface area contributed by atoms with E-state index in [0.29, 0.717) is 0 Å². The highest BCUT2D eigenvalue weighted by Gasteiger charge is 2.37. The van der Waals surface area contributed by atoms with E-state index in [9.17, 15) is 58.2 Å². The Balaban J connectivity index is 3.90. The molecule has 0 aromatic heterocycles. The van der Waals surface area contributed by atoms with E-state index in [4.69, 9.17) is 28.7 Å². The van der Waals surface area contributed by atoms with Crippen LogP contribution in [0.5, 0.6) is 0 Å². The maximum atomic E-state index is 14.3. The van der Waals surface area contributed by atoms with Gasteiger partial charge in [0.15, 0.2) is 17.3 Å². The van der Waals surface area contributed by atoms with E-state index in [1.165, 1.54) is 13.8 Å². The average molecular weight is 996 g/mol. The third kappa shape index (κ3) is 22.5. The van der Waals surface area contributed by atoms with E-state index in [2.05, 4.69) is 31.9 Å². The van der Waals surface area contributed by atoms with Gasteiger partial charge in [-0.05, 0) is 103 Å². The summed E-state index contributed by atoms with van der Waals surface area (Å²) < 4.78 is 0. The molecular weight excluding hydrogens is 911 g/mol. The molecule has 0 bridgehead atoms. The van der Waals surface area contributed by atoms with Crippen molar-refractivity contribution in [1.82, 2.24) is 31.9 Å². The Hall–Kier alpha value is -4.78. The van der Waals surface area contributed by atoms with Crippen molar-refractivity contribution in [3.8, 4) is 0 Å². The van der Waals surface area contributed by atoms with Gasteiger partial charge in [0.2, 0.25) is 35.4 Å². The van der Waals surface area contributed by atoms with Crippen molar-refractivity contribution in [2.45, 2.75) is 161 Å². The van der Waals surface area contributed by atoms with Crippen LogP contribution in [0.15, 0.2) is 0 Å². The number of ketones is 4. The van der Waals surface area contributed by atoms with Gasteiger partial charge in [0.1, 0.15) is 17.9 Å². The lowest BCUT2D eigenvalue weighted by molar-refractivity contribution is -0.137. The molecule has 1 saturated heterocycles. The van der Waals surface area contributed by atoms with E-state index in [1.54, 1.807) is 0 Å². The van der Waals surface area contributed by atoms with E-state index in [-0.39, 0.29) is 121 Å². The number of Topliss-reactive ketones (excluding diaryl/α,β-unsaturated/α-hetero) is 4. The number of hydrogen-bond donors (Lipinski definition) is 13. The Morgan fingerprint density at radius 1 is 0.614 bits per heavy atom. The molecule has 400 valence electrons. The molecule has 0 aliphatic carbocycles. The summed E-state index contributed by atoms with van der Waals surface area (Å²) >= 11 is 0. The van der Waals surface area contributed by atoms with Crippen molar-refractivity contribution in [1.29, 1.82) is 0 Å². The topological polar surface area (TPSA) is 413 Å². The first-order valence-corrected chi connectivity index (χ1v) is 24.7. The number of nitrogens with one attached hydrogen (secondary N) is 6. The van der Waals surface area contributed by atoms with Gasteiger partial charge in [0.25, 0.3) is 0 Å². The number of carbonyl (C=O) groups excluding carboxylic acids is 10. The van der Waals surface area contributed by atoms with E-state index < -0.39 is 132 Å². The van der Waals surface area contributed by atoms with E-state index >= 15 is 0 Å². The van der Waals surface area contributed by atoms with Gasteiger partial charge < -0.3 is 70.8 Å². The predicted molar refractivity (Wildman–Crippen MR) is 260 cm³/mol. The molecule has 18 N–H and O–H groups in total. The van der Waals surface area contributed by atoms with Crippen molar-refractivity contribution < 1.29 is 58.2 Å². The Morgan fingerprint density at radius 2 is 1.11 bits per heavy atom. The Morgan fingerprint density at radius 3 is 1.63 bits per heavy atom. The number of hydrogen-bond acceptors (Lipinski definition) is 17. The first-order chi connectivity index (χ1) is 32.9. The molecule has 0 spiro atoms. The molecule has 1 rings (SSSR count). The minimum Gasteiger partial charge on any atom is -0.393 e. The smallest absolute Gasteiger partial charge is 0.243 e. The minimum absolute atomic E-state index is 0.0265. The van der Waals surface area contributed by atoms with E-state index in [1.807, 2.05) is 27.7 Å². The van der Waals surface area contributed by atoms with Gasteiger partial charge in [-0.25, -0.2) is 0 Å². The molecule has 1 heterocycles. The summed E-state index contributed by atoms with van der Waals surface area (Å²) in [6.45, 7) is 9.36. The zero-order chi connectivity index (χ0) is 53.2. The molecule has 6 amide bonds. The van der Waals surface area contributed by atoms with Crippen molar-refractivity contribution >= 4 is 58.6 Å². The second kappa shape index (κ2) is 33.0. The van der Waals surface area contributed by atoms with Crippen LogP contribution in [0.1, 0.15) is 119 Å². The third-order valence-corrected chi connectivity index (χ3v) is 12.2. The molecular formula is C47H85N11O12. The van der Waals surface area contributed by atoms with Gasteiger partial charge in [0, 0.05) is 50.5 Å². The molecule has 1 aliphatic rings. The second-order valence-corrected chi connectivity index (χ2v) is 19.3. The molecule has 1 aliphatic heterocycles. The lowest BCUT2D eigenvalue weighted by Crippen LogP contribution is -2.57. The lowest BCUT2D eigenvalue weighted by Gasteiger charge is -2.28. The summed E-state index contributed by atoms with van der Waals surface area (Å²) in [5.74, 6) is -12.0. The van der Waals surface area contributed by atoms with Crippen LogP contribution in [0.3, 0.4) is 0 Å². The van der Waals surface area contributed by atoms with Gasteiger partial charge in [-0.3, -0.25) is 47.9 Å². The highest BCUT2D eigenvalue weighted by atomic mass is 16.3. The van der Waals surface area contributed by atoms with Gasteiger partial charge in [-0.15, -0.1) is 0 Å². The summed E-state index contributed by atoms with van der Waals surface area (Å²) in [5, 5.41) is 37.0. The molecule has 0 aromatic rings. The van der Waals surface area contributed by atoms with Crippen LogP contribution in [0, 0.1) is 35.5 Å². The van der Waals surface area contributed by atoms with Gasteiger partial charge in [-0.1, -0.05) is 27.7 Å². The van der Waals surface area contributed by atoms with Crippen LogP contribution in [0.25, 0.3) is 0 Å². The summed E-state index contributed by atoms with van der Waals surface area (Å²) in [6, 6.07) is -6.25. The standard InChI is InChI=1S/C47H85N11O12/c1-25(2)19-30-22-40(63)34(8-14-49)54-42(65)29(21-39(62)35(9-15-50)55-45(68)32(27(5)59)23-31(61)7-13-48)12-18-53-44(67)33(28(6)60)24-41(64)36(10-16-51)56-46(69)37(11-17-52)57-47(70)38(20-26(3)4)58-43(30)66/h25-30,32-38,59-60H,7-24,48-52H2,1-6H3,(H,53,67)(H,54,65)(H,55,68)(H,56,69)(H,57,70)(H,58,66)/t27?,28?,29-,30+,32+,33+,34+,35+,36+,37+,38+/m1/s1. The number of nitrogens with two attached hydrogens (primary N) is 5. The Kier molecular flexibility index (Phi) is 29.8. The molecule has 23 nitrogen and oxygen atoms in total. The molecule has 0 aromatic carbocycles. The summed E-state index contributed by atoms with van der Waals surface area (Å²) in [7, 11) is 0. The molecule has 0 radical (unpaired) electrons. The minimum atomic E-state index is -1.40. The van der Waals surface area contributed by atoms with Crippen molar-refractivity contribution in [2.24, 2.45) is 64.2 Å². The zero-order valence-corrected chi connectivity index (χ0v) is 42.1. The van der Waals surface area contributed by atoms with Gasteiger partial charge in [-0.2, -0.15) is 0 Å². The van der Waals surface area contributed by atoms with Crippen LogP contribution >= 0.6 is 0 Å². The number of aliphatic hydroxyl groups is 2. The molecule has 23 heteroatoms. The first kappa shape index (κ1) is 63.2. The van der Waals surface area contributed by atoms with Crippen LogP contribution < -0.4 is 60.6 Å². The maximum absolute atomic E-state index is 14.3. The fraction of sp³-hybridized carbons (Fsp3) is 0.787. The van der Waals surface area contributed by atoms with Gasteiger partial charge in [0.05, 0.1) is 42.2 Å². The van der Waals surface area contributed by atoms with Crippen molar-refractivity contribution in [3.05, 3.63) is 0 Å². The molecule has 2 unspecified atom stereocenters. The Labute approximate surface area is 412 Å². The van der Waals surface area contributed by atoms with Crippen molar-refractivity contribution in [3.63, 3.8) is 0 Å². The molecule has 0 saturated carbocycles. The van der Waals surface area contributed by atoms with E-state index in [0.717, 1.165) is 0 Å². The van der Waals surface area contributed by atoms with Crippen LogP contribution in [-0.2, 0) is 47.9 Å². The summed E-state index contributed by atoms with van der Waals surface area (Å²) in [4.78, 5) is 138. The van der Waals surface area contributed by atoms with Crippen molar-refractivity contribution in [2.75, 3.05) is 39.3 Å². The largest absolute Gasteiger partial charge is 0.393 e. The number of amides is 6. The second-order valence-electron chi connectivity index (χ2n) is 19.3. The summed E-state index contributed by atoms with van der Waals surface area (Å²) in [5.41, 5.74) is 28.9. The average Bonchev–Trinajstić information content (AvgIpc) is 3.27. The number of rotatable bonds is 23.